The molecule has 142 valence electrons. The first kappa shape index (κ1) is 19.8. The van der Waals surface area contributed by atoms with Gasteiger partial charge in [0.1, 0.15) is 23.9 Å². The molecule has 0 aliphatic carbocycles. The van der Waals surface area contributed by atoms with Crippen LogP contribution in [0.15, 0.2) is 47.6 Å². The van der Waals surface area contributed by atoms with E-state index < -0.39 is 18.5 Å². The van der Waals surface area contributed by atoms with Crippen molar-refractivity contribution >= 4 is 17.6 Å². The Kier molecular flexibility index (Phi) is 6.76. The second kappa shape index (κ2) is 9.23. The average Bonchev–Trinajstić information content (AvgIpc) is 2.69. The van der Waals surface area contributed by atoms with Gasteiger partial charge in [-0.3, -0.25) is 4.79 Å². The maximum absolute atomic E-state index is 12.3. The van der Waals surface area contributed by atoms with Gasteiger partial charge in [0.15, 0.2) is 0 Å². The maximum Gasteiger partial charge on any atom is 0.271 e. The number of hydrazone groups is 1. The Bertz CT molecular complexity index is 841. The van der Waals surface area contributed by atoms with Crippen molar-refractivity contribution in [2.75, 3.05) is 20.8 Å². The molecule has 0 unspecified atom stereocenters. The molecule has 2 rings (SSSR count). The van der Waals surface area contributed by atoms with Crippen molar-refractivity contribution in [3.05, 3.63) is 53.6 Å². The first-order chi connectivity index (χ1) is 12.9. The number of hydrogen-bond donors (Lipinski definition) is 1. The maximum atomic E-state index is 12.3. The van der Waals surface area contributed by atoms with Crippen LogP contribution in [0.5, 0.6) is 17.2 Å². The van der Waals surface area contributed by atoms with Crippen LogP contribution < -0.4 is 24.7 Å². The van der Waals surface area contributed by atoms with Crippen LogP contribution in [0.1, 0.15) is 22.8 Å². The molecule has 0 spiro atoms. The summed E-state index contributed by atoms with van der Waals surface area (Å²) in [6, 6.07) is 11.5. The van der Waals surface area contributed by atoms with E-state index in [4.69, 9.17) is 14.2 Å². The van der Waals surface area contributed by atoms with Crippen molar-refractivity contribution in [1.29, 1.82) is 0 Å². The smallest absolute Gasteiger partial charge is 0.271 e. The zero-order valence-corrected chi connectivity index (χ0v) is 15.1. The Morgan fingerprint density at radius 2 is 1.63 bits per heavy atom. The molecule has 0 saturated heterocycles. The fourth-order valence-electron chi connectivity index (χ4n) is 2.16. The molecule has 8 heteroatoms. The van der Waals surface area contributed by atoms with E-state index in [1.807, 2.05) is 0 Å². The number of carbonyl (C=O) groups excluding carboxylic acids is 2. The molecule has 0 heterocycles. The molecule has 0 aliphatic heterocycles. The van der Waals surface area contributed by atoms with Gasteiger partial charge in [-0.2, -0.15) is 5.10 Å². The number of hydrogen-bond acceptors (Lipinski definition) is 7. The molecule has 0 saturated carbocycles. The SMILES string of the molecule is COc1cc(OC)cc(C(=O)N/N=C(/C)c2cccc(OCC(=O)[O-])c2)c1. The van der Waals surface area contributed by atoms with Gasteiger partial charge in [0.25, 0.3) is 5.91 Å². The number of aliphatic carboxylic acids is 1. The molecule has 8 nitrogen and oxygen atoms in total. The summed E-state index contributed by atoms with van der Waals surface area (Å²) in [7, 11) is 2.99. The van der Waals surface area contributed by atoms with E-state index in [0.717, 1.165) is 0 Å². The molecule has 0 atom stereocenters. The third-order valence-corrected chi connectivity index (χ3v) is 3.55. The lowest BCUT2D eigenvalue weighted by molar-refractivity contribution is -0.307. The van der Waals surface area contributed by atoms with E-state index in [0.29, 0.717) is 34.1 Å². The topological polar surface area (TPSA) is 109 Å². The number of rotatable bonds is 8. The fraction of sp³-hybridized carbons (Fsp3) is 0.211. The number of ether oxygens (including phenoxy) is 3. The van der Waals surface area contributed by atoms with Crippen LogP contribution >= 0.6 is 0 Å². The normalized spacial score (nSPS) is 10.9. The minimum atomic E-state index is -1.31. The van der Waals surface area contributed by atoms with Gasteiger partial charge in [0, 0.05) is 17.2 Å². The molecular formula is C19H19N2O6-. The lowest BCUT2D eigenvalue weighted by atomic mass is 10.1. The van der Waals surface area contributed by atoms with Crippen LogP contribution in [-0.4, -0.2) is 38.4 Å². The zero-order chi connectivity index (χ0) is 19.8. The van der Waals surface area contributed by atoms with Crippen molar-refractivity contribution in [3.63, 3.8) is 0 Å². The number of nitrogens with one attached hydrogen (secondary N) is 1. The quantitative estimate of drug-likeness (QED) is 0.547. The average molecular weight is 371 g/mol. The second-order valence-corrected chi connectivity index (χ2v) is 5.43. The number of nitrogens with zero attached hydrogens (tertiary/aromatic N) is 1. The van der Waals surface area contributed by atoms with Gasteiger partial charge >= 0.3 is 0 Å². The fourth-order valence-corrected chi connectivity index (χ4v) is 2.16. The number of methoxy groups -OCH3 is 2. The summed E-state index contributed by atoms with van der Waals surface area (Å²) < 4.78 is 15.4. The molecule has 0 bridgehead atoms. The Morgan fingerprint density at radius 3 is 2.22 bits per heavy atom. The standard InChI is InChI=1S/C19H20N2O6/c1-12(13-5-4-6-15(7-13)27-11-18(22)23)20-21-19(24)14-8-16(25-2)10-17(9-14)26-3/h4-10H,11H2,1-3H3,(H,21,24)(H,22,23)/p-1/b20-12-. The highest BCUT2D eigenvalue weighted by molar-refractivity contribution is 6.01. The number of carboxylic acid groups (broad SMARTS) is 1. The van der Waals surface area contributed by atoms with Crippen LogP contribution in [0.4, 0.5) is 0 Å². The van der Waals surface area contributed by atoms with Crippen LogP contribution in [-0.2, 0) is 4.79 Å². The molecular weight excluding hydrogens is 352 g/mol. The highest BCUT2D eigenvalue weighted by atomic mass is 16.5. The van der Waals surface area contributed by atoms with Gasteiger partial charge in [-0.05, 0) is 31.2 Å². The van der Waals surface area contributed by atoms with Crippen LogP contribution in [0, 0.1) is 0 Å². The Balaban J connectivity index is 2.12. The Hall–Kier alpha value is -3.55. The van der Waals surface area contributed by atoms with Crippen molar-refractivity contribution in [3.8, 4) is 17.2 Å². The predicted molar refractivity (Wildman–Crippen MR) is 96.2 cm³/mol. The molecule has 2 aromatic carbocycles. The first-order valence-electron chi connectivity index (χ1n) is 7.93. The highest BCUT2D eigenvalue weighted by Crippen LogP contribution is 2.22. The molecule has 0 fully saturated rings. The van der Waals surface area contributed by atoms with E-state index in [1.165, 1.54) is 14.2 Å². The Labute approximate surface area is 156 Å². The Morgan fingerprint density at radius 1 is 1.00 bits per heavy atom. The largest absolute Gasteiger partial charge is 0.546 e. The first-order valence-corrected chi connectivity index (χ1v) is 7.93. The number of amides is 1. The van der Waals surface area contributed by atoms with Gasteiger partial charge in [0.2, 0.25) is 0 Å². The van der Waals surface area contributed by atoms with Gasteiger partial charge in [-0.1, -0.05) is 12.1 Å². The van der Waals surface area contributed by atoms with E-state index in [2.05, 4.69) is 10.5 Å². The summed E-state index contributed by atoms with van der Waals surface area (Å²) in [4.78, 5) is 22.8. The predicted octanol–water partition coefficient (Wildman–Crippen LogP) is 0.986. The van der Waals surface area contributed by atoms with Crippen LogP contribution in [0.2, 0.25) is 0 Å². The lowest BCUT2D eigenvalue weighted by Crippen LogP contribution is -2.28. The zero-order valence-electron chi connectivity index (χ0n) is 15.1. The van der Waals surface area contributed by atoms with Gasteiger partial charge in [-0.25, -0.2) is 5.43 Å². The lowest BCUT2D eigenvalue weighted by Gasteiger charge is -2.09. The van der Waals surface area contributed by atoms with E-state index in [1.54, 1.807) is 49.4 Å². The van der Waals surface area contributed by atoms with Gasteiger partial charge < -0.3 is 24.1 Å². The number of carbonyl (C=O) groups is 2. The molecule has 1 N–H and O–H groups in total. The third kappa shape index (κ3) is 5.74. The van der Waals surface area contributed by atoms with Crippen molar-refractivity contribution < 1.29 is 28.9 Å². The van der Waals surface area contributed by atoms with Gasteiger partial charge in [-0.15, -0.1) is 0 Å². The van der Waals surface area contributed by atoms with Gasteiger partial charge in [0.05, 0.1) is 25.9 Å². The molecule has 0 radical (unpaired) electrons. The van der Waals surface area contributed by atoms with Crippen molar-refractivity contribution in [2.45, 2.75) is 6.92 Å². The minimum Gasteiger partial charge on any atom is -0.546 e. The number of carboxylic acids is 1. The van der Waals surface area contributed by atoms with Crippen molar-refractivity contribution in [1.82, 2.24) is 5.43 Å². The number of benzene rings is 2. The second-order valence-electron chi connectivity index (χ2n) is 5.43. The summed E-state index contributed by atoms with van der Waals surface area (Å²) in [6.45, 7) is 1.15. The summed E-state index contributed by atoms with van der Waals surface area (Å²) >= 11 is 0. The third-order valence-electron chi connectivity index (χ3n) is 3.55. The summed E-state index contributed by atoms with van der Waals surface area (Å²) in [5.74, 6) is -0.422. The van der Waals surface area contributed by atoms with Crippen LogP contribution in [0.25, 0.3) is 0 Å². The summed E-state index contributed by atoms with van der Waals surface area (Å²) in [6.07, 6.45) is 0. The summed E-state index contributed by atoms with van der Waals surface area (Å²) in [5.41, 5.74) is 3.96. The van der Waals surface area contributed by atoms with Crippen LogP contribution in [0.3, 0.4) is 0 Å². The molecule has 0 aliphatic rings. The molecule has 0 aromatic heterocycles. The highest BCUT2D eigenvalue weighted by Gasteiger charge is 2.10. The summed E-state index contributed by atoms with van der Waals surface area (Å²) in [5, 5.41) is 14.5. The minimum absolute atomic E-state index is 0.328. The van der Waals surface area contributed by atoms with E-state index >= 15 is 0 Å². The monoisotopic (exact) mass is 371 g/mol. The molecule has 27 heavy (non-hydrogen) atoms. The van der Waals surface area contributed by atoms with Crippen molar-refractivity contribution in [2.24, 2.45) is 5.10 Å². The molecule has 2 aromatic rings. The molecule has 1 amide bonds. The van der Waals surface area contributed by atoms with E-state index in [9.17, 15) is 14.7 Å². The van der Waals surface area contributed by atoms with E-state index in [-0.39, 0.29) is 0 Å².